The number of carboxylic acid groups (broad SMARTS) is 1. The first-order valence-corrected chi connectivity index (χ1v) is 5.80. The third-order valence-electron chi connectivity index (χ3n) is 2.97. The van der Waals surface area contributed by atoms with Crippen LogP contribution in [0.25, 0.3) is 0 Å². The molecule has 0 aromatic carbocycles. The van der Waals surface area contributed by atoms with Crippen molar-refractivity contribution in [1.29, 1.82) is 0 Å². The van der Waals surface area contributed by atoms with Crippen molar-refractivity contribution in [2.75, 3.05) is 13.1 Å². The lowest BCUT2D eigenvalue weighted by atomic mass is 10.2. The Morgan fingerprint density at radius 2 is 2.13 bits per heavy atom. The first kappa shape index (κ1) is 12.5. The van der Waals surface area contributed by atoms with E-state index < -0.39 is 18.1 Å². The number of hydrogen-bond acceptors (Lipinski definition) is 3. The molecule has 0 aliphatic carbocycles. The number of carboxylic acids is 1. The summed E-state index contributed by atoms with van der Waals surface area (Å²) >= 11 is 0. The predicted molar refractivity (Wildman–Crippen MR) is 57.8 cm³/mol. The number of aliphatic hydroxyl groups excluding tert-OH is 1. The Balaban J connectivity index is 2.29. The molecule has 4 nitrogen and oxygen atoms in total. The number of aliphatic carboxylic acids is 1. The summed E-state index contributed by atoms with van der Waals surface area (Å²) in [6.07, 6.45) is 4.49. The minimum atomic E-state index is -0.804. The number of β-amino-alcohol motifs (C(OH)–C–C–N with tert-alkyl or cyclic N) is 1. The van der Waals surface area contributed by atoms with Crippen LogP contribution in [0.3, 0.4) is 0 Å². The second-order valence-corrected chi connectivity index (χ2v) is 4.30. The van der Waals surface area contributed by atoms with E-state index in [-0.39, 0.29) is 0 Å². The lowest BCUT2D eigenvalue weighted by Gasteiger charge is -2.20. The average Bonchev–Trinajstić information content (AvgIpc) is 2.55. The van der Waals surface area contributed by atoms with E-state index in [9.17, 15) is 9.90 Å². The normalized spacial score (nSPS) is 27.1. The molecule has 0 aromatic rings. The van der Waals surface area contributed by atoms with Gasteiger partial charge in [-0.1, -0.05) is 26.2 Å². The molecule has 15 heavy (non-hydrogen) atoms. The van der Waals surface area contributed by atoms with Crippen LogP contribution in [0.4, 0.5) is 0 Å². The number of rotatable bonds is 6. The van der Waals surface area contributed by atoms with E-state index in [4.69, 9.17) is 5.11 Å². The van der Waals surface area contributed by atoms with Gasteiger partial charge in [0.1, 0.15) is 6.04 Å². The molecule has 2 N–H and O–H groups in total. The second kappa shape index (κ2) is 6.08. The van der Waals surface area contributed by atoms with Crippen molar-refractivity contribution >= 4 is 5.97 Å². The first-order valence-electron chi connectivity index (χ1n) is 5.80. The van der Waals surface area contributed by atoms with Crippen LogP contribution < -0.4 is 0 Å². The Morgan fingerprint density at radius 1 is 1.40 bits per heavy atom. The summed E-state index contributed by atoms with van der Waals surface area (Å²) in [7, 11) is 0. The first-order chi connectivity index (χ1) is 7.15. The summed E-state index contributed by atoms with van der Waals surface area (Å²) in [4.78, 5) is 12.8. The standard InChI is InChI=1S/C11H21NO3/c1-2-3-4-5-6-12-8-9(13)7-10(12)11(14)15/h9-10,13H,2-8H2,1H3,(H,14,15)/t9?,10-/m0/s1. The van der Waals surface area contributed by atoms with Gasteiger partial charge in [0.2, 0.25) is 0 Å². The maximum Gasteiger partial charge on any atom is 0.321 e. The summed E-state index contributed by atoms with van der Waals surface area (Å²) in [6, 6.07) is -0.471. The molecule has 1 unspecified atom stereocenters. The fourth-order valence-corrected chi connectivity index (χ4v) is 2.13. The molecule has 2 atom stereocenters. The highest BCUT2D eigenvalue weighted by atomic mass is 16.4. The predicted octanol–water partition coefficient (Wildman–Crippen LogP) is 1.09. The number of unbranched alkanes of at least 4 members (excludes halogenated alkanes) is 3. The summed E-state index contributed by atoms with van der Waals surface area (Å²) in [5, 5.41) is 18.4. The van der Waals surface area contributed by atoms with Gasteiger partial charge in [0.25, 0.3) is 0 Å². The number of nitrogens with zero attached hydrogens (tertiary/aromatic N) is 1. The van der Waals surface area contributed by atoms with E-state index in [1.165, 1.54) is 12.8 Å². The maximum absolute atomic E-state index is 10.9. The largest absolute Gasteiger partial charge is 0.480 e. The third kappa shape index (κ3) is 3.80. The van der Waals surface area contributed by atoms with Crippen molar-refractivity contribution in [2.24, 2.45) is 0 Å². The van der Waals surface area contributed by atoms with Gasteiger partial charge >= 0.3 is 5.97 Å². The van der Waals surface area contributed by atoms with Crippen molar-refractivity contribution in [3.63, 3.8) is 0 Å². The van der Waals surface area contributed by atoms with Gasteiger partial charge in [-0.2, -0.15) is 0 Å². The van der Waals surface area contributed by atoms with Crippen molar-refractivity contribution in [1.82, 2.24) is 4.90 Å². The van der Waals surface area contributed by atoms with Crippen molar-refractivity contribution < 1.29 is 15.0 Å². The Morgan fingerprint density at radius 3 is 2.73 bits per heavy atom. The summed E-state index contributed by atoms with van der Waals surface area (Å²) in [5.41, 5.74) is 0. The second-order valence-electron chi connectivity index (χ2n) is 4.30. The van der Waals surface area contributed by atoms with Crippen molar-refractivity contribution in [3.8, 4) is 0 Å². The zero-order valence-corrected chi connectivity index (χ0v) is 9.35. The SMILES string of the molecule is CCCCCCN1CC(O)C[C@H]1C(=O)O. The number of likely N-dealkylation sites (tertiary alicyclic amines) is 1. The van der Waals surface area contributed by atoms with Crippen LogP contribution >= 0.6 is 0 Å². The molecule has 0 aromatic heterocycles. The van der Waals surface area contributed by atoms with Crippen LogP contribution in [0.1, 0.15) is 39.0 Å². The van der Waals surface area contributed by atoms with Crippen molar-refractivity contribution in [2.45, 2.75) is 51.2 Å². The van der Waals surface area contributed by atoms with Crippen molar-refractivity contribution in [3.05, 3.63) is 0 Å². The summed E-state index contributed by atoms with van der Waals surface area (Å²) in [6.45, 7) is 3.47. The molecule has 1 heterocycles. The van der Waals surface area contributed by atoms with Crippen LogP contribution in [-0.4, -0.2) is 46.3 Å². The molecule has 1 rings (SSSR count). The van der Waals surface area contributed by atoms with Gasteiger partial charge in [-0.05, 0) is 13.0 Å². The molecule has 88 valence electrons. The summed E-state index contributed by atoms with van der Waals surface area (Å²) < 4.78 is 0. The van der Waals surface area contributed by atoms with Crippen LogP contribution in [-0.2, 0) is 4.79 Å². The highest BCUT2D eigenvalue weighted by molar-refractivity contribution is 5.74. The smallest absolute Gasteiger partial charge is 0.321 e. The molecule has 0 saturated carbocycles. The topological polar surface area (TPSA) is 60.8 Å². The molecule has 0 spiro atoms. The van der Waals surface area contributed by atoms with E-state index in [0.717, 1.165) is 19.4 Å². The molecule has 1 saturated heterocycles. The van der Waals surface area contributed by atoms with Gasteiger partial charge in [0.05, 0.1) is 6.10 Å². The van der Waals surface area contributed by atoms with Crippen LogP contribution in [0, 0.1) is 0 Å². The molecule has 1 aliphatic rings. The lowest BCUT2D eigenvalue weighted by Crippen LogP contribution is -2.36. The summed E-state index contributed by atoms with van der Waals surface area (Å²) in [5.74, 6) is -0.804. The molecular weight excluding hydrogens is 194 g/mol. The minimum absolute atomic E-state index is 0.378. The van der Waals surface area contributed by atoms with E-state index in [2.05, 4.69) is 6.92 Å². The van der Waals surface area contributed by atoms with Gasteiger partial charge < -0.3 is 10.2 Å². The lowest BCUT2D eigenvalue weighted by molar-refractivity contribution is -0.142. The molecule has 1 aliphatic heterocycles. The zero-order chi connectivity index (χ0) is 11.3. The van der Waals surface area contributed by atoms with E-state index in [1.54, 1.807) is 0 Å². The Labute approximate surface area is 90.9 Å². The average molecular weight is 215 g/mol. The van der Waals surface area contributed by atoms with Gasteiger partial charge in [-0.15, -0.1) is 0 Å². The molecule has 0 bridgehead atoms. The monoisotopic (exact) mass is 215 g/mol. The number of carbonyl (C=O) groups is 1. The van der Waals surface area contributed by atoms with Gasteiger partial charge in [-0.25, -0.2) is 0 Å². The quantitative estimate of drug-likeness (QED) is 0.651. The third-order valence-corrected chi connectivity index (χ3v) is 2.97. The highest BCUT2D eigenvalue weighted by Crippen LogP contribution is 2.18. The van der Waals surface area contributed by atoms with Gasteiger partial charge in [0, 0.05) is 13.0 Å². The van der Waals surface area contributed by atoms with Gasteiger partial charge in [-0.3, -0.25) is 9.69 Å². The Kier molecular flexibility index (Phi) is 5.05. The number of hydrogen-bond donors (Lipinski definition) is 2. The molecular formula is C11H21NO3. The fraction of sp³-hybridized carbons (Fsp3) is 0.909. The maximum atomic E-state index is 10.9. The van der Waals surface area contributed by atoms with Crippen LogP contribution in [0.2, 0.25) is 0 Å². The van der Waals surface area contributed by atoms with E-state index in [0.29, 0.717) is 13.0 Å². The molecule has 0 radical (unpaired) electrons. The van der Waals surface area contributed by atoms with Crippen LogP contribution in [0.5, 0.6) is 0 Å². The fourth-order valence-electron chi connectivity index (χ4n) is 2.13. The van der Waals surface area contributed by atoms with E-state index in [1.807, 2.05) is 4.90 Å². The van der Waals surface area contributed by atoms with Gasteiger partial charge in [0.15, 0.2) is 0 Å². The Bertz CT molecular complexity index is 208. The molecule has 0 amide bonds. The van der Waals surface area contributed by atoms with Crippen LogP contribution in [0.15, 0.2) is 0 Å². The molecule has 1 fully saturated rings. The molecule has 4 heteroatoms. The minimum Gasteiger partial charge on any atom is -0.480 e. The number of aliphatic hydroxyl groups is 1. The van der Waals surface area contributed by atoms with E-state index >= 15 is 0 Å². The Hall–Kier alpha value is -0.610. The highest BCUT2D eigenvalue weighted by Gasteiger charge is 2.35. The zero-order valence-electron chi connectivity index (χ0n) is 9.35.